The number of hydrogen-bond donors (Lipinski definition) is 3. The van der Waals surface area contributed by atoms with Gasteiger partial charge in [0.15, 0.2) is 0 Å². The molecule has 0 aromatic carbocycles. The van der Waals surface area contributed by atoms with Crippen molar-refractivity contribution >= 4 is 0 Å². The molecule has 0 spiro atoms. The highest BCUT2D eigenvalue weighted by molar-refractivity contribution is 4.89. The Bertz CT molecular complexity index is 101. The van der Waals surface area contributed by atoms with E-state index in [-0.39, 0.29) is 13.2 Å². The minimum Gasteiger partial charge on any atom is -0.395 e. The van der Waals surface area contributed by atoms with E-state index in [4.69, 9.17) is 10.2 Å². The molecule has 54 valence electrons. The Labute approximate surface area is 52.5 Å². The average Bonchev–Trinajstić information content (AvgIpc) is 2.15. The lowest BCUT2D eigenvalue weighted by atomic mass is 10.2. The van der Waals surface area contributed by atoms with Crippen LogP contribution in [-0.2, 0) is 0 Å². The summed E-state index contributed by atoms with van der Waals surface area (Å²) in [6.07, 6.45) is -2.25. The number of aliphatic hydroxyl groups is 2. The smallest absolute Gasteiger partial charge is 0.145 e. The van der Waals surface area contributed by atoms with Crippen molar-refractivity contribution < 1.29 is 14.6 Å². The van der Waals surface area contributed by atoms with Crippen LogP contribution in [0.1, 0.15) is 0 Å². The fraction of sp³-hybridized carbons (Fsp3) is 1.00. The molecule has 0 radical (unpaired) electrons. The zero-order valence-corrected chi connectivity index (χ0v) is 4.92. The van der Waals surface area contributed by atoms with Crippen LogP contribution in [0.4, 0.5) is 4.39 Å². The third-order valence-electron chi connectivity index (χ3n) is 1.54. The molecule has 1 saturated heterocycles. The van der Waals surface area contributed by atoms with Gasteiger partial charge in [0.05, 0.1) is 18.8 Å². The molecule has 0 aromatic heterocycles. The lowest BCUT2D eigenvalue weighted by Gasteiger charge is -2.08. The minimum absolute atomic E-state index is 0.242. The summed E-state index contributed by atoms with van der Waals surface area (Å²) < 4.78 is 12.5. The third kappa shape index (κ3) is 1.20. The Hall–Kier alpha value is -0.190. The van der Waals surface area contributed by atoms with Crippen LogP contribution in [0, 0.1) is 0 Å². The summed E-state index contributed by atoms with van der Waals surface area (Å²) >= 11 is 0. The van der Waals surface area contributed by atoms with Gasteiger partial charge in [-0.15, -0.1) is 0 Å². The van der Waals surface area contributed by atoms with Crippen molar-refractivity contribution in [2.75, 3.05) is 13.2 Å². The maximum absolute atomic E-state index is 12.5. The minimum atomic E-state index is -1.31. The molecule has 0 amide bonds. The molecule has 1 fully saturated rings. The highest BCUT2D eigenvalue weighted by Gasteiger charge is 2.33. The van der Waals surface area contributed by atoms with Crippen molar-refractivity contribution in [1.29, 1.82) is 0 Å². The van der Waals surface area contributed by atoms with E-state index in [0.29, 0.717) is 0 Å². The predicted octanol–water partition coefficient (Wildman–Crippen LogP) is -1.35. The van der Waals surface area contributed by atoms with Gasteiger partial charge in [0.1, 0.15) is 6.17 Å². The molecular formula is C5H10FNO2. The average molecular weight is 135 g/mol. The van der Waals surface area contributed by atoms with Gasteiger partial charge in [0.25, 0.3) is 0 Å². The van der Waals surface area contributed by atoms with Gasteiger partial charge in [0, 0.05) is 6.54 Å². The second kappa shape index (κ2) is 2.60. The lowest BCUT2D eigenvalue weighted by molar-refractivity contribution is 0.0911. The van der Waals surface area contributed by atoms with Crippen molar-refractivity contribution in [3.05, 3.63) is 0 Å². The fourth-order valence-corrected chi connectivity index (χ4v) is 0.931. The molecule has 3 N–H and O–H groups in total. The van der Waals surface area contributed by atoms with Crippen LogP contribution < -0.4 is 5.32 Å². The van der Waals surface area contributed by atoms with E-state index in [1.807, 2.05) is 0 Å². The Morgan fingerprint density at radius 1 is 1.67 bits per heavy atom. The van der Waals surface area contributed by atoms with Crippen LogP contribution in [0.15, 0.2) is 0 Å². The molecule has 9 heavy (non-hydrogen) atoms. The Kier molecular flexibility index (Phi) is 2.00. The Morgan fingerprint density at radius 3 is 2.56 bits per heavy atom. The lowest BCUT2D eigenvalue weighted by Crippen LogP contribution is -2.32. The highest BCUT2D eigenvalue weighted by atomic mass is 19.1. The molecule has 1 aliphatic heterocycles. The zero-order chi connectivity index (χ0) is 6.85. The van der Waals surface area contributed by atoms with Gasteiger partial charge in [-0.3, -0.25) is 0 Å². The second-order valence-electron chi connectivity index (χ2n) is 2.21. The number of alkyl halides is 1. The monoisotopic (exact) mass is 135 g/mol. The Morgan fingerprint density at radius 2 is 2.33 bits per heavy atom. The van der Waals surface area contributed by atoms with E-state index in [1.54, 1.807) is 0 Å². The van der Waals surface area contributed by atoms with Crippen molar-refractivity contribution in [2.45, 2.75) is 18.3 Å². The fourth-order valence-electron chi connectivity index (χ4n) is 0.931. The van der Waals surface area contributed by atoms with Crippen LogP contribution in [0.25, 0.3) is 0 Å². The molecule has 3 atom stereocenters. The molecule has 1 rings (SSSR count). The van der Waals surface area contributed by atoms with Gasteiger partial charge in [0.2, 0.25) is 0 Å². The van der Waals surface area contributed by atoms with Crippen LogP contribution in [-0.4, -0.2) is 41.7 Å². The number of nitrogens with one attached hydrogen (secondary N) is 1. The van der Waals surface area contributed by atoms with Gasteiger partial charge >= 0.3 is 0 Å². The molecule has 0 bridgehead atoms. The summed E-state index contributed by atoms with van der Waals surface area (Å²) in [4.78, 5) is 0. The number of aliphatic hydroxyl groups excluding tert-OH is 2. The van der Waals surface area contributed by atoms with E-state index in [1.165, 1.54) is 0 Å². The zero-order valence-electron chi connectivity index (χ0n) is 4.92. The summed E-state index contributed by atoms with van der Waals surface area (Å²) in [5.74, 6) is 0. The van der Waals surface area contributed by atoms with Crippen molar-refractivity contribution in [3.8, 4) is 0 Å². The van der Waals surface area contributed by atoms with E-state index in [2.05, 4.69) is 5.32 Å². The van der Waals surface area contributed by atoms with Crippen LogP contribution in [0.5, 0.6) is 0 Å². The maximum Gasteiger partial charge on any atom is 0.145 e. The van der Waals surface area contributed by atoms with Gasteiger partial charge in [-0.05, 0) is 0 Å². The van der Waals surface area contributed by atoms with Gasteiger partial charge in [-0.2, -0.15) is 0 Å². The summed E-state index contributed by atoms with van der Waals surface area (Å²) in [7, 11) is 0. The van der Waals surface area contributed by atoms with Gasteiger partial charge in [-0.1, -0.05) is 0 Å². The molecule has 0 aliphatic carbocycles. The summed E-state index contributed by atoms with van der Waals surface area (Å²) in [6.45, 7) is -0.00931. The van der Waals surface area contributed by atoms with E-state index >= 15 is 0 Å². The molecule has 0 aromatic rings. The first-order valence-corrected chi connectivity index (χ1v) is 2.92. The molecule has 4 heteroatoms. The van der Waals surface area contributed by atoms with Crippen LogP contribution >= 0.6 is 0 Å². The van der Waals surface area contributed by atoms with Gasteiger partial charge < -0.3 is 15.5 Å². The predicted molar refractivity (Wildman–Crippen MR) is 29.8 cm³/mol. The molecule has 0 unspecified atom stereocenters. The quantitative estimate of drug-likeness (QED) is 0.416. The second-order valence-corrected chi connectivity index (χ2v) is 2.21. The molecule has 0 saturated carbocycles. The molecule has 1 heterocycles. The van der Waals surface area contributed by atoms with Gasteiger partial charge in [-0.25, -0.2) is 4.39 Å². The summed E-state index contributed by atoms with van der Waals surface area (Å²) in [5.41, 5.74) is 0. The highest BCUT2D eigenvalue weighted by Crippen LogP contribution is 2.10. The standard InChI is InChI=1S/C5H10FNO2/c6-5-3(2-8)7-1-4(5)9/h3-5,7-9H,1-2H2/t3-,4-,5-/m0/s1. The first kappa shape index (κ1) is 6.92. The number of halogens is 1. The van der Waals surface area contributed by atoms with Crippen molar-refractivity contribution in [2.24, 2.45) is 0 Å². The number of β-amino-alcohol motifs (C(OH)–C–C–N with tert-alkyl or cyclic N) is 1. The largest absolute Gasteiger partial charge is 0.395 e. The van der Waals surface area contributed by atoms with E-state index < -0.39 is 18.3 Å². The summed E-state index contributed by atoms with van der Waals surface area (Å²) in [5, 5.41) is 19.8. The number of hydrogen-bond acceptors (Lipinski definition) is 3. The maximum atomic E-state index is 12.5. The Balaban J connectivity index is 2.41. The first-order valence-electron chi connectivity index (χ1n) is 2.92. The van der Waals surface area contributed by atoms with Crippen LogP contribution in [0.3, 0.4) is 0 Å². The first-order chi connectivity index (χ1) is 4.25. The molecular weight excluding hydrogens is 125 g/mol. The molecule has 3 nitrogen and oxygen atoms in total. The molecule has 1 aliphatic rings. The van der Waals surface area contributed by atoms with E-state index in [9.17, 15) is 4.39 Å². The SMILES string of the molecule is OC[C@@H]1NC[C@H](O)[C@H]1F. The normalized spacial score (nSPS) is 43.7. The van der Waals surface area contributed by atoms with Crippen molar-refractivity contribution in [1.82, 2.24) is 5.32 Å². The van der Waals surface area contributed by atoms with Crippen LogP contribution in [0.2, 0.25) is 0 Å². The van der Waals surface area contributed by atoms with E-state index in [0.717, 1.165) is 0 Å². The third-order valence-corrected chi connectivity index (χ3v) is 1.54. The summed E-state index contributed by atoms with van der Waals surface area (Å²) in [6, 6.07) is -0.569. The number of rotatable bonds is 1. The van der Waals surface area contributed by atoms with Crippen molar-refractivity contribution in [3.63, 3.8) is 0 Å². The topological polar surface area (TPSA) is 52.5 Å².